The highest BCUT2D eigenvalue weighted by atomic mass is 35.5. The van der Waals surface area contributed by atoms with Crippen LogP contribution < -0.4 is 5.32 Å². The summed E-state index contributed by atoms with van der Waals surface area (Å²) in [6, 6.07) is 9.49. The molecule has 3 unspecified atom stereocenters. The molecule has 2 rings (SSSR count). The van der Waals surface area contributed by atoms with Gasteiger partial charge in [0.2, 0.25) is 0 Å². The van der Waals surface area contributed by atoms with Crippen molar-refractivity contribution in [1.29, 1.82) is 0 Å². The largest absolute Gasteiger partial charge is 0.311 e. The fraction of sp³-hybridized carbons (Fsp3) is 0.667. The monoisotopic (exact) mass is 308 g/mol. The predicted octanol–water partition coefficient (Wildman–Crippen LogP) is 4.33. The highest BCUT2D eigenvalue weighted by molar-refractivity contribution is 6.31. The van der Waals surface area contributed by atoms with Crippen molar-refractivity contribution >= 4 is 11.6 Å². The van der Waals surface area contributed by atoms with Crippen molar-refractivity contribution in [2.45, 2.75) is 58.7 Å². The summed E-state index contributed by atoms with van der Waals surface area (Å²) in [5.74, 6) is 0.723. The van der Waals surface area contributed by atoms with Crippen LogP contribution in [0.3, 0.4) is 0 Å². The lowest BCUT2D eigenvalue weighted by Crippen LogP contribution is -2.57. The minimum absolute atomic E-state index is 0.602. The molecule has 0 aromatic heterocycles. The molecule has 1 aliphatic heterocycles. The molecule has 0 radical (unpaired) electrons. The lowest BCUT2D eigenvalue weighted by atomic mass is 9.94. The van der Waals surface area contributed by atoms with E-state index >= 15 is 0 Å². The Bertz CT molecular complexity index is 435. The third-order valence-electron chi connectivity index (χ3n) is 4.85. The predicted molar refractivity (Wildman–Crippen MR) is 91.8 cm³/mol. The summed E-state index contributed by atoms with van der Waals surface area (Å²) in [7, 11) is 0. The van der Waals surface area contributed by atoms with Crippen LogP contribution >= 0.6 is 11.6 Å². The van der Waals surface area contributed by atoms with Crippen molar-refractivity contribution in [2.75, 3.05) is 13.1 Å². The topological polar surface area (TPSA) is 15.3 Å². The number of benzene rings is 1. The molecule has 0 spiro atoms. The van der Waals surface area contributed by atoms with Crippen molar-refractivity contribution in [3.05, 3.63) is 34.9 Å². The van der Waals surface area contributed by atoms with Crippen LogP contribution in [0.4, 0.5) is 0 Å². The van der Waals surface area contributed by atoms with Gasteiger partial charge in [-0.25, -0.2) is 0 Å². The number of nitrogens with one attached hydrogen (secondary N) is 1. The van der Waals surface area contributed by atoms with E-state index in [9.17, 15) is 0 Å². The van der Waals surface area contributed by atoms with Crippen LogP contribution in [0.1, 0.15) is 45.6 Å². The van der Waals surface area contributed by atoms with Gasteiger partial charge in [-0.3, -0.25) is 4.90 Å². The molecule has 1 aliphatic rings. The molecule has 1 heterocycles. The molecule has 3 atom stereocenters. The Morgan fingerprint density at radius 3 is 2.76 bits per heavy atom. The summed E-state index contributed by atoms with van der Waals surface area (Å²) in [6.45, 7) is 10.1. The van der Waals surface area contributed by atoms with E-state index in [1.807, 2.05) is 12.1 Å². The van der Waals surface area contributed by atoms with Crippen LogP contribution in [0.15, 0.2) is 24.3 Å². The highest BCUT2D eigenvalue weighted by Gasteiger charge is 2.29. The first-order valence-electron chi connectivity index (χ1n) is 8.36. The van der Waals surface area contributed by atoms with Crippen LogP contribution in [-0.4, -0.2) is 30.1 Å². The maximum Gasteiger partial charge on any atom is 0.0451 e. The smallest absolute Gasteiger partial charge is 0.0451 e. The molecule has 1 aromatic rings. The fourth-order valence-electron chi connectivity index (χ4n) is 3.21. The van der Waals surface area contributed by atoms with E-state index in [1.54, 1.807) is 0 Å². The first kappa shape index (κ1) is 16.8. The minimum Gasteiger partial charge on any atom is -0.311 e. The van der Waals surface area contributed by atoms with Crippen molar-refractivity contribution in [3.8, 4) is 0 Å². The van der Waals surface area contributed by atoms with Crippen LogP contribution in [0.5, 0.6) is 0 Å². The van der Waals surface area contributed by atoms with Gasteiger partial charge in [0.15, 0.2) is 0 Å². The molecule has 1 saturated heterocycles. The number of halogens is 1. The Labute approximate surface area is 134 Å². The number of nitrogens with zero attached hydrogens (tertiary/aromatic N) is 1. The second-order valence-corrected chi connectivity index (χ2v) is 6.77. The number of rotatable bonds is 6. The normalized spacial score (nSPS) is 25.0. The van der Waals surface area contributed by atoms with E-state index in [0.717, 1.165) is 30.6 Å². The van der Waals surface area contributed by atoms with Gasteiger partial charge in [0.25, 0.3) is 0 Å². The maximum atomic E-state index is 6.35. The SMILES string of the molecule is CCCC1CNC(C(C)CC)CN1Cc1ccccc1Cl. The molecule has 118 valence electrons. The van der Waals surface area contributed by atoms with Crippen molar-refractivity contribution in [1.82, 2.24) is 10.2 Å². The first-order chi connectivity index (χ1) is 10.2. The summed E-state index contributed by atoms with van der Waals surface area (Å²) < 4.78 is 0. The van der Waals surface area contributed by atoms with Gasteiger partial charge < -0.3 is 5.32 Å². The molecule has 1 N–H and O–H groups in total. The van der Waals surface area contributed by atoms with Gasteiger partial charge in [0.05, 0.1) is 0 Å². The van der Waals surface area contributed by atoms with E-state index in [-0.39, 0.29) is 0 Å². The van der Waals surface area contributed by atoms with Crippen molar-refractivity contribution in [3.63, 3.8) is 0 Å². The van der Waals surface area contributed by atoms with E-state index in [2.05, 4.69) is 43.1 Å². The van der Waals surface area contributed by atoms with Crippen molar-refractivity contribution < 1.29 is 0 Å². The second kappa shape index (κ2) is 8.17. The lowest BCUT2D eigenvalue weighted by molar-refractivity contribution is 0.0960. The molecule has 1 fully saturated rings. The van der Waals surface area contributed by atoms with Gasteiger partial charge in [-0.1, -0.05) is 63.4 Å². The Kier molecular flexibility index (Phi) is 6.53. The maximum absolute atomic E-state index is 6.35. The van der Waals surface area contributed by atoms with Crippen LogP contribution in [0.2, 0.25) is 5.02 Å². The van der Waals surface area contributed by atoms with E-state index in [4.69, 9.17) is 11.6 Å². The third-order valence-corrected chi connectivity index (χ3v) is 5.22. The summed E-state index contributed by atoms with van der Waals surface area (Å²) in [5.41, 5.74) is 1.25. The molecule has 0 aliphatic carbocycles. The highest BCUT2D eigenvalue weighted by Crippen LogP contribution is 2.23. The molecular formula is C18H29ClN2. The number of hydrogen-bond acceptors (Lipinski definition) is 2. The molecule has 21 heavy (non-hydrogen) atoms. The quantitative estimate of drug-likeness (QED) is 0.841. The summed E-state index contributed by atoms with van der Waals surface area (Å²) in [5, 5.41) is 4.66. The molecule has 2 nitrogen and oxygen atoms in total. The molecule has 0 bridgehead atoms. The number of piperazine rings is 1. The Morgan fingerprint density at radius 2 is 2.10 bits per heavy atom. The lowest BCUT2D eigenvalue weighted by Gasteiger charge is -2.42. The third kappa shape index (κ3) is 4.45. The Balaban J connectivity index is 2.08. The van der Waals surface area contributed by atoms with Crippen LogP contribution in [-0.2, 0) is 6.54 Å². The summed E-state index contributed by atoms with van der Waals surface area (Å²) in [4.78, 5) is 2.64. The van der Waals surface area contributed by atoms with Crippen LogP contribution in [0.25, 0.3) is 0 Å². The van der Waals surface area contributed by atoms with E-state index < -0.39 is 0 Å². The van der Waals surface area contributed by atoms with Crippen LogP contribution in [0, 0.1) is 5.92 Å². The number of hydrogen-bond donors (Lipinski definition) is 1. The molecule has 3 heteroatoms. The fourth-order valence-corrected chi connectivity index (χ4v) is 3.40. The van der Waals surface area contributed by atoms with Gasteiger partial charge in [-0.2, -0.15) is 0 Å². The Morgan fingerprint density at radius 1 is 1.33 bits per heavy atom. The molecule has 0 amide bonds. The summed E-state index contributed by atoms with van der Waals surface area (Å²) >= 11 is 6.35. The van der Waals surface area contributed by atoms with Gasteiger partial charge >= 0.3 is 0 Å². The van der Waals surface area contributed by atoms with Gasteiger partial charge in [0, 0.05) is 36.7 Å². The first-order valence-corrected chi connectivity index (χ1v) is 8.74. The Hall–Kier alpha value is -0.570. The van der Waals surface area contributed by atoms with E-state index in [1.165, 1.54) is 24.8 Å². The molecule has 0 saturated carbocycles. The standard InChI is InChI=1S/C18H29ClN2/c1-4-8-16-11-20-18(14(3)5-2)13-21(16)12-15-9-6-7-10-17(15)19/h6-7,9-10,14,16,18,20H,4-5,8,11-13H2,1-3H3. The van der Waals surface area contributed by atoms with Gasteiger partial charge in [0.1, 0.15) is 0 Å². The average Bonchev–Trinajstić information content (AvgIpc) is 2.50. The zero-order valence-corrected chi connectivity index (χ0v) is 14.4. The zero-order chi connectivity index (χ0) is 15.2. The molecule has 1 aromatic carbocycles. The van der Waals surface area contributed by atoms with Crippen molar-refractivity contribution in [2.24, 2.45) is 5.92 Å². The van der Waals surface area contributed by atoms with Gasteiger partial charge in [-0.15, -0.1) is 0 Å². The zero-order valence-electron chi connectivity index (χ0n) is 13.6. The van der Waals surface area contributed by atoms with Gasteiger partial charge in [-0.05, 0) is 24.0 Å². The molecular weight excluding hydrogens is 280 g/mol. The minimum atomic E-state index is 0.602. The second-order valence-electron chi connectivity index (χ2n) is 6.36. The average molecular weight is 309 g/mol. The van der Waals surface area contributed by atoms with E-state index in [0.29, 0.717) is 12.1 Å². The summed E-state index contributed by atoms with van der Waals surface area (Å²) in [6.07, 6.45) is 3.72.